The molecule has 0 spiro atoms. The number of sulfonamides is 1. The summed E-state index contributed by atoms with van der Waals surface area (Å²) in [6.07, 6.45) is 2.02. The SMILES string of the molecule is Cc1[nH]ncc1S(=O)(=O)NCCc1cccs1. The van der Waals surface area contributed by atoms with Gasteiger partial charge in [0, 0.05) is 11.4 Å². The van der Waals surface area contributed by atoms with Crippen LogP contribution in [0.4, 0.5) is 0 Å². The lowest BCUT2D eigenvalue weighted by molar-refractivity contribution is 0.581. The van der Waals surface area contributed by atoms with Gasteiger partial charge in [-0.25, -0.2) is 13.1 Å². The largest absolute Gasteiger partial charge is 0.281 e. The van der Waals surface area contributed by atoms with Crippen molar-refractivity contribution >= 4 is 21.4 Å². The number of nitrogens with zero attached hydrogens (tertiary/aromatic N) is 1. The van der Waals surface area contributed by atoms with Crippen molar-refractivity contribution in [1.82, 2.24) is 14.9 Å². The lowest BCUT2D eigenvalue weighted by Gasteiger charge is -2.04. The molecule has 0 aliphatic heterocycles. The molecule has 0 fully saturated rings. The second-order valence-electron chi connectivity index (χ2n) is 3.59. The number of hydrogen-bond donors (Lipinski definition) is 2. The molecule has 0 bridgehead atoms. The zero-order chi connectivity index (χ0) is 12.3. The molecule has 0 saturated heterocycles. The fraction of sp³-hybridized carbons (Fsp3) is 0.300. The second-order valence-corrected chi connectivity index (χ2v) is 6.35. The Hall–Kier alpha value is -1.18. The Morgan fingerprint density at radius 3 is 2.94 bits per heavy atom. The van der Waals surface area contributed by atoms with Crippen molar-refractivity contribution in [3.8, 4) is 0 Å². The third-order valence-electron chi connectivity index (χ3n) is 2.32. The molecule has 2 aromatic heterocycles. The van der Waals surface area contributed by atoms with Crippen LogP contribution in [0.1, 0.15) is 10.6 Å². The van der Waals surface area contributed by atoms with Gasteiger partial charge in [-0.2, -0.15) is 5.10 Å². The molecular formula is C10H13N3O2S2. The van der Waals surface area contributed by atoms with E-state index in [1.165, 1.54) is 6.20 Å². The zero-order valence-corrected chi connectivity index (χ0v) is 10.9. The topological polar surface area (TPSA) is 74.8 Å². The molecule has 0 unspecified atom stereocenters. The molecule has 0 aliphatic carbocycles. The number of H-pyrrole nitrogens is 1. The third kappa shape index (κ3) is 2.93. The summed E-state index contributed by atoms with van der Waals surface area (Å²) in [5, 5.41) is 8.29. The molecule has 0 atom stereocenters. The molecule has 2 aromatic rings. The molecule has 0 radical (unpaired) electrons. The van der Waals surface area contributed by atoms with E-state index in [0.29, 0.717) is 18.7 Å². The molecule has 7 heteroatoms. The fourth-order valence-electron chi connectivity index (χ4n) is 1.45. The quantitative estimate of drug-likeness (QED) is 0.860. The molecule has 17 heavy (non-hydrogen) atoms. The van der Waals surface area contributed by atoms with Crippen LogP contribution in [0.2, 0.25) is 0 Å². The lowest BCUT2D eigenvalue weighted by atomic mass is 10.3. The molecule has 5 nitrogen and oxygen atoms in total. The van der Waals surface area contributed by atoms with Crippen LogP contribution < -0.4 is 4.72 Å². The maximum atomic E-state index is 11.9. The number of aromatic amines is 1. The number of rotatable bonds is 5. The third-order valence-corrected chi connectivity index (χ3v) is 4.83. The molecule has 0 amide bonds. The Morgan fingerprint density at radius 1 is 1.53 bits per heavy atom. The van der Waals surface area contributed by atoms with Crippen LogP contribution in [0, 0.1) is 6.92 Å². The van der Waals surface area contributed by atoms with Crippen LogP contribution in [-0.4, -0.2) is 25.2 Å². The Balaban J connectivity index is 1.97. The van der Waals surface area contributed by atoms with Gasteiger partial charge in [0.05, 0.1) is 11.9 Å². The summed E-state index contributed by atoms with van der Waals surface area (Å²) in [6, 6.07) is 3.94. The van der Waals surface area contributed by atoms with Crippen molar-refractivity contribution in [2.24, 2.45) is 0 Å². The number of nitrogens with one attached hydrogen (secondary N) is 2. The Labute approximate surface area is 104 Å². The molecule has 92 valence electrons. The first-order chi connectivity index (χ1) is 8.09. The minimum atomic E-state index is -3.44. The molecule has 2 rings (SSSR count). The van der Waals surface area contributed by atoms with Crippen molar-refractivity contribution in [2.45, 2.75) is 18.2 Å². The number of thiophene rings is 1. The van der Waals surface area contributed by atoms with E-state index in [0.717, 1.165) is 4.88 Å². The summed E-state index contributed by atoms with van der Waals surface area (Å²) < 4.78 is 26.3. The Bertz CT molecular complexity index is 572. The first-order valence-electron chi connectivity index (χ1n) is 5.11. The van der Waals surface area contributed by atoms with Crippen LogP contribution in [0.25, 0.3) is 0 Å². The highest BCUT2D eigenvalue weighted by molar-refractivity contribution is 7.89. The van der Waals surface area contributed by atoms with E-state index < -0.39 is 10.0 Å². The van der Waals surface area contributed by atoms with E-state index in [4.69, 9.17) is 0 Å². The second kappa shape index (κ2) is 4.99. The first kappa shape index (κ1) is 12.3. The molecule has 0 aliphatic rings. The van der Waals surface area contributed by atoms with E-state index in [1.54, 1.807) is 18.3 Å². The van der Waals surface area contributed by atoms with Gasteiger partial charge in [-0.1, -0.05) is 6.07 Å². The van der Waals surface area contributed by atoms with Crippen LogP contribution >= 0.6 is 11.3 Å². The molecule has 2 N–H and O–H groups in total. The Kier molecular flexibility index (Phi) is 3.60. The number of aromatic nitrogens is 2. The van der Waals surface area contributed by atoms with Gasteiger partial charge in [0.25, 0.3) is 0 Å². The summed E-state index contributed by atoms with van der Waals surface area (Å²) in [4.78, 5) is 1.38. The zero-order valence-electron chi connectivity index (χ0n) is 9.30. The van der Waals surface area contributed by atoms with Crippen LogP contribution in [0.5, 0.6) is 0 Å². The summed E-state index contributed by atoms with van der Waals surface area (Å²) in [6.45, 7) is 2.08. The first-order valence-corrected chi connectivity index (χ1v) is 7.48. The summed E-state index contributed by atoms with van der Waals surface area (Å²) in [5.74, 6) is 0. The van der Waals surface area contributed by atoms with Crippen LogP contribution in [0.3, 0.4) is 0 Å². The molecule has 2 heterocycles. The standard InChI is InChI=1S/C10H13N3O2S2/c1-8-10(7-11-13-8)17(14,15)12-5-4-9-3-2-6-16-9/h2-3,6-7,12H,4-5H2,1H3,(H,11,13). The van der Waals surface area contributed by atoms with Gasteiger partial charge in [-0.3, -0.25) is 5.10 Å². The monoisotopic (exact) mass is 271 g/mol. The highest BCUT2D eigenvalue weighted by atomic mass is 32.2. The normalized spacial score (nSPS) is 11.8. The van der Waals surface area contributed by atoms with E-state index in [2.05, 4.69) is 14.9 Å². The summed E-state index contributed by atoms with van der Waals surface area (Å²) in [5.41, 5.74) is 0.550. The number of aryl methyl sites for hydroxylation is 1. The molecule has 0 aromatic carbocycles. The summed E-state index contributed by atoms with van der Waals surface area (Å²) in [7, 11) is -3.44. The predicted molar refractivity (Wildman–Crippen MR) is 66.5 cm³/mol. The fourth-order valence-corrected chi connectivity index (χ4v) is 3.33. The average molecular weight is 271 g/mol. The average Bonchev–Trinajstić information content (AvgIpc) is 2.88. The van der Waals surface area contributed by atoms with Crippen molar-refractivity contribution in [3.63, 3.8) is 0 Å². The van der Waals surface area contributed by atoms with Crippen molar-refractivity contribution in [2.75, 3.05) is 6.54 Å². The predicted octanol–water partition coefficient (Wildman–Crippen LogP) is 1.30. The van der Waals surface area contributed by atoms with Gasteiger partial charge in [0.15, 0.2) is 0 Å². The minimum absolute atomic E-state index is 0.212. The van der Waals surface area contributed by atoms with Crippen molar-refractivity contribution in [3.05, 3.63) is 34.3 Å². The molecular weight excluding hydrogens is 258 g/mol. The van der Waals surface area contributed by atoms with Gasteiger partial charge < -0.3 is 0 Å². The van der Waals surface area contributed by atoms with Crippen molar-refractivity contribution in [1.29, 1.82) is 0 Å². The summed E-state index contributed by atoms with van der Waals surface area (Å²) >= 11 is 1.62. The van der Waals surface area contributed by atoms with Crippen LogP contribution in [-0.2, 0) is 16.4 Å². The van der Waals surface area contributed by atoms with E-state index in [-0.39, 0.29) is 4.90 Å². The van der Waals surface area contributed by atoms with Gasteiger partial charge in [-0.15, -0.1) is 11.3 Å². The smallest absolute Gasteiger partial charge is 0.243 e. The van der Waals surface area contributed by atoms with Crippen LogP contribution in [0.15, 0.2) is 28.6 Å². The minimum Gasteiger partial charge on any atom is -0.281 e. The lowest BCUT2D eigenvalue weighted by Crippen LogP contribution is -2.26. The van der Waals surface area contributed by atoms with Gasteiger partial charge in [-0.05, 0) is 24.8 Å². The van der Waals surface area contributed by atoms with Gasteiger partial charge in [0.1, 0.15) is 4.90 Å². The number of hydrogen-bond acceptors (Lipinski definition) is 4. The van der Waals surface area contributed by atoms with E-state index in [9.17, 15) is 8.42 Å². The maximum absolute atomic E-state index is 11.9. The van der Waals surface area contributed by atoms with Gasteiger partial charge >= 0.3 is 0 Å². The molecule has 0 saturated carbocycles. The Morgan fingerprint density at radius 2 is 2.35 bits per heavy atom. The maximum Gasteiger partial charge on any atom is 0.243 e. The van der Waals surface area contributed by atoms with Gasteiger partial charge in [0.2, 0.25) is 10.0 Å². The van der Waals surface area contributed by atoms with Crippen molar-refractivity contribution < 1.29 is 8.42 Å². The highest BCUT2D eigenvalue weighted by Crippen LogP contribution is 2.12. The highest BCUT2D eigenvalue weighted by Gasteiger charge is 2.17. The van der Waals surface area contributed by atoms with E-state index in [1.807, 2.05) is 17.5 Å². The van der Waals surface area contributed by atoms with E-state index >= 15 is 0 Å².